The molecule has 0 unspecified atom stereocenters. The van der Waals surface area contributed by atoms with Gasteiger partial charge in [-0.2, -0.15) is 4.90 Å². The lowest BCUT2D eigenvalue weighted by Gasteiger charge is -2.29. The quantitative estimate of drug-likeness (QED) is 0.311. The highest BCUT2D eigenvalue weighted by Gasteiger charge is 2.38. The van der Waals surface area contributed by atoms with Crippen molar-refractivity contribution in [2.45, 2.75) is 64.8 Å². The van der Waals surface area contributed by atoms with Crippen molar-refractivity contribution in [1.82, 2.24) is 10.2 Å². The average Bonchev–Trinajstić information content (AvgIpc) is 2.90. The van der Waals surface area contributed by atoms with Gasteiger partial charge in [0.2, 0.25) is 5.91 Å². The number of benzene rings is 2. The monoisotopic (exact) mass is 527 g/mol. The summed E-state index contributed by atoms with van der Waals surface area (Å²) in [7, 11) is 0. The summed E-state index contributed by atoms with van der Waals surface area (Å²) in [5, 5.41) is 12.1. The molecule has 206 valence electrons. The number of hydrogen-bond acceptors (Lipinski definition) is 7. The number of carboxylic acids is 1. The van der Waals surface area contributed by atoms with Crippen molar-refractivity contribution in [2.75, 3.05) is 6.54 Å². The molecule has 0 saturated carbocycles. The molecule has 3 amide bonds. The molecular weight excluding hydrogens is 490 g/mol. The topological polar surface area (TPSA) is 148 Å². The van der Waals surface area contributed by atoms with Crippen molar-refractivity contribution < 1.29 is 33.8 Å². The molecule has 2 aromatic rings. The predicted octanol–water partition coefficient (Wildman–Crippen LogP) is 4.08. The van der Waals surface area contributed by atoms with Gasteiger partial charge in [0.15, 0.2) is 0 Å². The number of carbonyl (C=O) groups excluding carboxylic acids is 3. The molecule has 2 atom stereocenters. The fourth-order valence-electron chi connectivity index (χ4n) is 3.73. The first-order valence-electron chi connectivity index (χ1n) is 12.7. The van der Waals surface area contributed by atoms with Crippen molar-refractivity contribution in [2.24, 2.45) is 11.7 Å². The molecule has 0 fully saturated rings. The molecule has 0 aliphatic carbocycles. The van der Waals surface area contributed by atoms with E-state index in [9.17, 15) is 24.3 Å². The molecule has 0 bridgehead atoms. The Morgan fingerprint density at radius 3 is 1.79 bits per heavy atom. The fourth-order valence-corrected chi connectivity index (χ4v) is 3.73. The van der Waals surface area contributed by atoms with Crippen molar-refractivity contribution in [3.8, 4) is 0 Å². The summed E-state index contributed by atoms with van der Waals surface area (Å²) in [5.41, 5.74) is 6.98. The molecule has 0 aromatic heterocycles. The fraction of sp³-hybridized carbons (Fsp3) is 0.429. The number of hydrogen-bond donors (Lipinski definition) is 3. The molecule has 0 heterocycles. The van der Waals surface area contributed by atoms with Crippen LogP contribution in [0.15, 0.2) is 60.7 Å². The van der Waals surface area contributed by atoms with Crippen LogP contribution in [0.2, 0.25) is 0 Å². The zero-order chi connectivity index (χ0) is 27.9. The lowest BCUT2D eigenvalue weighted by atomic mass is 10.0. The number of ether oxygens (including phenoxy) is 2. The van der Waals surface area contributed by atoms with E-state index >= 15 is 0 Å². The van der Waals surface area contributed by atoms with E-state index in [0.717, 1.165) is 0 Å². The minimum atomic E-state index is -1.36. The third-order valence-electron chi connectivity index (χ3n) is 5.67. The molecule has 4 N–H and O–H groups in total. The molecule has 38 heavy (non-hydrogen) atoms. The number of unbranched alkanes of at least 4 members (excludes halogenated alkanes) is 1. The van der Waals surface area contributed by atoms with Crippen LogP contribution in [0.5, 0.6) is 0 Å². The van der Waals surface area contributed by atoms with Crippen LogP contribution in [0.4, 0.5) is 9.59 Å². The van der Waals surface area contributed by atoms with Gasteiger partial charge in [-0.3, -0.25) is 4.79 Å². The van der Waals surface area contributed by atoms with Crippen LogP contribution >= 0.6 is 0 Å². The van der Waals surface area contributed by atoms with Crippen LogP contribution in [0.1, 0.15) is 50.7 Å². The SMILES string of the molecule is CC(C)C[C@@H](NC(=O)[C@@H](CCCCN)N(C(=O)OCc1ccccc1)C(=O)OCc1ccccc1)C(=O)O. The minimum Gasteiger partial charge on any atom is -0.480 e. The van der Waals surface area contributed by atoms with Gasteiger partial charge in [-0.1, -0.05) is 74.5 Å². The molecule has 10 nitrogen and oxygen atoms in total. The normalized spacial score (nSPS) is 12.3. The third kappa shape index (κ3) is 10.2. The number of rotatable bonds is 14. The summed E-state index contributed by atoms with van der Waals surface area (Å²) in [4.78, 5) is 52.2. The molecule has 2 aromatic carbocycles. The average molecular weight is 528 g/mol. The first kappa shape index (κ1) is 30.3. The number of nitrogens with two attached hydrogens (primary N) is 1. The van der Waals surface area contributed by atoms with Crippen LogP contribution in [-0.4, -0.2) is 52.7 Å². The van der Waals surface area contributed by atoms with Gasteiger partial charge in [0, 0.05) is 0 Å². The van der Waals surface area contributed by atoms with E-state index in [1.165, 1.54) is 0 Å². The largest absolute Gasteiger partial charge is 0.480 e. The number of nitrogens with zero attached hydrogens (tertiary/aromatic N) is 1. The minimum absolute atomic E-state index is 0.0186. The Bertz CT molecular complexity index is 976. The summed E-state index contributed by atoms with van der Waals surface area (Å²) in [6.45, 7) is 3.73. The maximum absolute atomic E-state index is 13.4. The first-order valence-corrected chi connectivity index (χ1v) is 12.7. The van der Waals surface area contributed by atoms with Gasteiger partial charge in [-0.25, -0.2) is 14.4 Å². The molecule has 0 aliphatic rings. The molecule has 0 radical (unpaired) electrons. The smallest absolute Gasteiger partial charge is 0.420 e. The number of imide groups is 1. The standard InChI is InChI=1S/C28H37N3O7/c1-20(2)17-23(26(33)34)30-25(32)24(15-9-10-16-29)31(27(35)37-18-21-11-5-3-6-12-21)28(36)38-19-22-13-7-4-8-14-22/h3-8,11-14,20,23-24H,9-10,15-19,29H2,1-2H3,(H,30,32)(H,33,34)/t23-,24-/m1/s1. The maximum atomic E-state index is 13.4. The van der Waals surface area contributed by atoms with E-state index in [4.69, 9.17) is 15.2 Å². The Kier molecular flexibility index (Phi) is 12.8. The van der Waals surface area contributed by atoms with Gasteiger partial charge in [0.1, 0.15) is 25.3 Å². The van der Waals surface area contributed by atoms with Crippen molar-refractivity contribution in [3.05, 3.63) is 71.8 Å². The van der Waals surface area contributed by atoms with Crippen LogP contribution in [0, 0.1) is 5.92 Å². The van der Waals surface area contributed by atoms with Gasteiger partial charge in [-0.05, 0) is 49.3 Å². The lowest BCUT2D eigenvalue weighted by molar-refractivity contribution is -0.143. The first-order chi connectivity index (χ1) is 18.2. The highest BCUT2D eigenvalue weighted by molar-refractivity contribution is 5.96. The Labute approximate surface area is 223 Å². The lowest BCUT2D eigenvalue weighted by Crippen LogP contribution is -2.55. The number of carbonyl (C=O) groups is 4. The van der Waals surface area contributed by atoms with E-state index < -0.39 is 36.1 Å². The van der Waals surface area contributed by atoms with Crippen molar-refractivity contribution in [1.29, 1.82) is 0 Å². The van der Waals surface area contributed by atoms with Gasteiger partial charge in [0.25, 0.3) is 0 Å². The van der Waals surface area contributed by atoms with Crippen LogP contribution in [0.3, 0.4) is 0 Å². The summed E-state index contributed by atoms with van der Waals surface area (Å²) in [5.74, 6) is -2.02. The van der Waals surface area contributed by atoms with Gasteiger partial charge in [0.05, 0.1) is 0 Å². The third-order valence-corrected chi connectivity index (χ3v) is 5.67. The number of nitrogens with one attached hydrogen (secondary N) is 1. The van der Waals surface area contributed by atoms with Gasteiger partial charge >= 0.3 is 18.2 Å². The van der Waals surface area contributed by atoms with E-state index in [1.807, 2.05) is 26.0 Å². The van der Waals surface area contributed by atoms with Crippen molar-refractivity contribution >= 4 is 24.1 Å². The zero-order valence-electron chi connectivity index (χ0n) is 21.9. The highest BCUT2D eigenvalue weighted by atomic mass is 16.6. The van der Waals surface area contributed by atoms with E-state index in [2.05, 4.69) is 5.32 Å². The Morgan fingerprint density at radius 1 is 0.868 bits per heavy atom. The van der Waals surface area contributed by atoms with E-state index in [-0.39, 0.29) is 32.0 Å². The maximum Gasteiger partial charge on any atom is 0.420 e. The zero-order valence-corrected chi connectivity index (χ0v) is 21.9. The second-order valence-electron chi connectivity index (χ2n) is 9.28. The molecule has 0 spiro atoms. The Hall–Kier alpha value is -3.92. The molecule has 0 aliphatic heterocycles. The molecular formula is C28H37N3O7. The van der Waals surface area contributed by atoms with E-state index in [1.54, 1.807) is 48.5 Å². The molecule has 2 rings (SSSR count). The summed E-state index contributed by atoms with van der Waals surface area (Å²) in [6.07, 6.45) is -0.980. The Morgan fingerprint density at radius 2 is 1.37 bits per heavy atom. The molecule has 0 saturated heterocycles. The van der Waals surface area contributed by atoms with Crippen LogP contribution in [-0.2, 0) is 32.3 Å². The van der Waals surface area contributed by atoms with Crippen LogP contribution in [0.25, 0.3) is 0 Å². The summed E-state index contributed by atoms with van der Waals surface area (Å²) >= 11 is 0. The Balaban J connectivity index is 2.31. The predicted molar refractivity (Wildman–Crippen MR) is 141 cm³/mol. The second kappa shape index (κ2) is 16.0. The summed E-state index contributed by atoms with van der Waals surface area (Å²) in [6, 6.07) is 15.2. The van der Waals surface area contributed by atoms with Gasteiger partial charge in [-0.15, -0.1) is 0 Å². The van der Waals surface area contributed by atoms with Crippen LogP contribution < -0.4 is 11.1 Å². The van der Waals surface area contributed by atoms with E-state index in [0.29, 0.717) is 35.4 Å². The molecule has 10 heteroatoms. The highest BCUT2D eigenvalue weighted by Crippen LogP contribution is 2.17. The second-order valence-corrected chi connectivity index (χ2v) is 9.28. The summed E-state index contributed by atoms with van der Waals surface area (Å²) < 4.78 is 10.8. The number of amides is 3. The van der Waals surface area contributed by atoms with Crippen molar-refractivity contribution in [3.63, 3.8) is 0 Å². The van der Waals surface area contributed by atoms with Gasteiger partial charge < -0.3 is 25.6 Å². The number of carboxylic acid groups (broad SMARTS) is 1. The number of aliphatic carboxylic acids is 1.